The van der Waals surface area contributed by atoms with Crippen LogP contribution in [0, 0.1) is 0 Å². The predicted octanol–water partition coefficient (Wildman–Crippen LogP) is -0.260. The van der Waals surface area contributed by atoms with Gasteiger partial charge in [-0.3, -0.25) is 4.90 Å². The first-order chi connectivity index (χ1) is 8.08. The maximum atomic E-state index is 11.0. The number of hydrogen-bond donors (Lipinski definition) is 1. The predicted molar refractivity (Wildman–Crippen MR) is 67.6 cm³/mol. The number of nitrogens with zero attached hydrogens (tertiary/aromatic N) is 3. The van der Waals surface area contributed by atoms with E-state index in [0.717, 1.165) is 0 Å². The Hall–Kier alpha value is -0.990. The van der Waals surface area contributed by atoms with Crippen LogP contribution in [0.5, 0.6) is 0 Å². The van der Waals surface area contributed by atoms with Crippen molar-refractivity contribution in [1.82, 2.24) is 15.0 Å². The monoisotopic (exact) mass is 276 g/mol. The molecule has 1 aromatic rings. The molecule has 1 heterocycles. The average Bonchev–Trinajstić information content (AvgIpc) is 2.61. The molecule has 0 saturated carbocycles. The van der Waals surface area contributed by atoms with Crippen molar-refractivity contribution in [2.45, 2.75) is 25.9 Å². The summed E-state index contributed by atoms with van der Waals surface area (Å²) < 4.78 is 27.1. The largest absolute Gasteiger partial charge is 0.338 e. The van der Waals surface area contributed by atoms with Gasteiger partial charge in [0.2, 0.25) is 5.89 Å². The van der Waals surface area contributed by atoms with Crippen LogP contribution < -0.4 is 5.73 Å². The quantitative estimate of drug-likeness (QED) is 0.763. The van der Waals surface area contributed by atoms with Crippen LogP contribution in [0.1, 0.15) is 25.6 Å². The van der Waals surface area contributed by atoms with Crippen molar-refractivity contribution >= 4 is 9.84 Å². The molecule has 0 fully saturated rings. The van der Waals surface area contributed by atoms with Crippen LogP contribution in [0.4, 0.5) is 0 Å². The van der Waals surface area contributed by atoms with E-state index in [-0.39, 0.29) is 5.75 Å². The molecule has 7 nitrogen and oxygen atoms in total. The summed E-state index contributed by atoms with van der Waals surface area (Å²) >= 11 is 0. The Kier molecular flexibility index (Phi) is 4.46. The van der Waals surface area contributed by atoms with Crippen molar-refractivity contribution in [3.05, 3.63) is 11.7 Å². The molecule has 0 aliphatic carbocycles. The zero-order chi connectivity index (χ0) is 14.0. The van der Waals surface area contributed by atoms with Crippen molar-refractivity contribution in [2.75, 3.05) is 25.6 Å². The Morgan fingerprint density at radius 2 is 2.06 bits per heavy atom. The summed E-state index contributed by atoms with van der Waals surface area (Å²) in [7, 11) is -1.16. The summed E-state index contributed by atoms with van der Waals surface area (Å²) in [4.78, 5) is 5.98. The van der Waals surface area contributed by atoms with Gasteiger partial charge in [-0.1, -0.05) is 5.16 Å². The van der Waals surface area contributed by atoms with E-state index < -0.39 is 15.4 Å². The Labute approximate surface area is 107 Å². The number of sulfone groups is 1. The molecule has 0 aliphatic heterocycles. The van der Waals surface area contributed by atoms with Gasteiger partial charge in [0.15, 0.2) is 5.82 Å². The SMILES string of the molecule is CN(CCS(C)(=O)=O)Cc1nc(C(C)(C)N)no1. The van der Waals surface area contributed by atoms with E-state index in [0.29, 0.717) is 24.8 Å². The van der Waals surface area contributed by atoms with Crippen molar-refractivity contribution in [1.29, 1.82) is 0 Å². The first kappa shape index (κ1) is 15.1. The van der Waals surface area contributed by atoms with E-state index in [4.69, 9.17) is 10.3 Å². The van der Waals surface area contributed by atoms with E-state index in [1.165, 1.54) is 6.26 Å². The standard InChI is InChI=1S/C10H20N4O3S/c1-10(2,11)9-12-8(17-13-9)7-14(3)5-6-18(4,15)16/h5-7,11H2,1-4H3. The van der Waals surface area contributed by atoms with Crippen LogP contribution in [0.25, 0.3) is 0 Å². The van der Waals surface area contributed by atoms with Gasteiger partial charge >= 0.3 is 0 Å². The maximum Gasteiger partial charge on any atom is 0.240 e. The van der Waals surface area contributed by atoms with E-state index in [9.17, 15) is 8.42 Å². The van der Waals surface area contributed by atoms with Crippen molar-refractivity contribution < 1.29 is 12.9 Å². The third kappa shape index (κ3) is 5.11. The third-order valence-electron chi connectivity index (χ3n) is 2.29. The lowest BCUT2D eigenvalue weighted by Crippen LogP contribution is -2.30. The summed E-state index contributed by atoms with van der Waals surface area (Å²) in [6.07, 6.45) is 1.21. The number of rotatable bonds is 6. The van der Waals surface area contributed by atoms with E-state index in [1.807, 2.05) is 4.90 Å². The van der Waals surface area contributed by atoms with Crippen LogP contribution in [-0.2, 0) is 21.9 Å². The highest BCUT2D eigenvalue weighted by atomic mass is 32.2. The van der Waals surface area contributed by atoms with Crippen molar-refractivity contribution in [2.24, 2.45) is 5.73 Å². The topological polar surface area (TPSA) is 102 Å². The minimum absolute atomic E-state index is 0.104. The molecule has 0 saturated heterocycles. The molecule has 0 aliphatic rings. The average molecular weight is 276 g/mol. The molecule has 0 radical (unpaired) electrons. The molecule has 0 amide bonds. The number of aromatic nitrogens is 2. The number of nitrogens with two attached hydrogens (primary N) is 1. The van der Waals surface area contributed by atoms with Crippen LogP contribution in [0.2, 0.25) is 0 Å². The van der Waals surface area contributed by atoms with Gasteiger partial charge in [0.05, 0.1) is 17.8 Å². The van der Waals surface area contributed by atoms with Gasteiger partial charge in [0.1, 0.15) is 9.84 Å². The smallest absolute Gasteiger partial charge is 0.240 e. The van der Waals surface area contributed by atoms with Gasteiger partial charge in [-0.2, -0.15) is 4.98 Å². The summed E-state index contributed by atoms with van der Waals surface area (Å²) in [5.41, 5.74) is 5.19. The molecule has 0 spiro atoms. The molecule has 8 heteroatoms. The molecule has 104 valence electrons. The molecule has 0 atom stereocenters. The number of hydrogen-bond acceptors (Lipinski definition) is 7. The van der Waals surface area contributed by atoms with Crippen LogP contribution in [0.3, 0.4) is 0 Å². The second-order valence-electron chi connectivity index (χ2n) is 5.10. The molecule has 1 rings (SSSR count). The second kappa shape index (κ2) is 5.33. The lowest BCUT2D eigenvalue weighted by atomic mass is 10.1. The summed E-state index contributed by atoms with van der Waals surface area (Å²) in [5.74, 6) is 0.973. The normalized spacial score (nSPS) is 13.2. The Morgan fingerprint density at radius 1 is 1.44 bits per heavy atom. The highest BCUT2D eigenvalue weighted by Crippen LogP contribution is 2.13. The summed E-state index contributed by atoms with van der Waals surface area (Å²) in [6.45, 7) is 4.39. The molecular formula is C10H20N4O3S. The van der Waals surface area contributed by atoms with E-state index >= 15 is 0 Å². The van der Waals surface area contributed by atoms with Gasteiger partial charge in [-0.25, -0.2) is 8.42 Å². The van der Waals surface area contributed by atoms with Gasteiger partial charge in [0, 0.05) is 12.8 Å². The molecule has 0 bridgehead atoms. The third-order valence-corrected chi connectivity index (χ3v) is 3.22. The van der Waals surface area contributed by atoms with Crippen LogP contribution in [-0.4, -0.2) is 49.1 Å². The lowest BCUT2D eigenvalue weighted by Gasteiger charge is -2.13. The lowest BCUT2D eigenvalue weighted by molar-refractivity contribution is 0.275. The van der Waals surface area contributed by atoms with Crippen LogP contribution in [0.15, 0.2) is 4.52 Å². The molecular weight excluding hydrogens is 256 g/mol. The molecule has 1 aromatic heterocycles. The van der Waals surface area contributed by atoms with Crippen molar-refractivity contribution in [3.8, 4) is 0 Å². The highest BCUT2D eigenvalue weighted by molar-refractivity contribution is 7.90. The fraction of sp³-hybridized carbons (Fsp3) is 0.800. The first-order valence-electron chi connectivity index (χ1n) is 5.56. The zero-order valence-corrected chi connectivity index (χ0v) is 12.0. The van der Waals surface area contributed by atoms with Gasteiger partial charge in [0.25, 0.3) is 0 Å². The summed E-state index contributed by atoms with van der Waals surface area (Å²) in [5, 5.41) is 3.79. The van der Waals surface area contributed by atoms with Gasteiger partial charge in [-0.05, 0) is 20.9 Å². The molecule has 0 aromatic carbocycles. The maximum absolute atomic E-state index is 11.0. The Bertz CT molecular complexity index is 489. The molecule has 0 unspecified atom stereocenters. The Balaban J connectivity index is 2.55. The van der Waals surface area contributed by atoms with Gasteiger partial charge < -0.3 is 10.3 Å². The van der Waals surface area contributed by atoms with E-state index in [2.05, 4.69) is 10.1 Å². The molecule has 18 heavy (non-hydrogen) atoms. The zero-order valence-electron chi connectivity index (χ0n) is 11.2. The van der Waals surface area contributed by atoms with Crippen LogP contribution >= 0.6 is 0 Å². The summed E-state index contributed by atoms with van der Waals surface area (Å²) in [6, 6.07) is 0. The van der Waals surface area contributed by atoms with Crippen molar-refractivity contribution in [3.63, 3.8) is 0 Å². The first-order valence-corrected chi connectivity index (χ1v) is 7.62. The minimum Gasteiger partial charge on any atom is -0.338 e. The second-order valence-corrected chi connectivity index (χ2v) is 7.36. The highest BCUT2D eigenvalue weighted by Gasteiger charge is 2.21. The van der Waals surface area contributed by atoms with Gasteiger partial charge in [-0.15, -0.1) is 0 Å². The Morgan fingerprint density at radius 3 is 2.50 bits per heavy atom. The fourth-order valence-electron chi connectivity index (χ4n) is 1.21. The molecule has 2 N–H and O–H groups in total. The van der Waals surface area contributed by atoms with E-state index in [1.54, 1.807) is 20.9 Å². The minimum atomic E-state index is -2.96. The fourth-order valence-corrected chi connectivity index (χ4v) is 1.86.